The minimum atomic E-state index is -3.52. The van der Waals surface area contributed by atoms with Gasteiger partial charge in [0.25, 0.3) is 0 Å². The molecule has 0 bridgehead atoms. The van der Waals surface area contributed by atoms with Gasteiger partial charge in [0.2, 0.25) is 10.0 Å². The highest BCUT2D eigenvalue weighted by atomic mass is 32.2. The van der Waals surface area contributed by atoms with Crippen LogP contribution in [0, 0.1) is 19.3 Å². The molecule has 126 valence electrons. The summed E-state index contributed by atoms with van der Waals surface area (Å²) in [5.74, 6) is 0. The number of hydrogen-bond donors (Lipinski definition) is 1. The first-order valence-corrected chi connectivity index (χ1v) is 9.51. The van der Waals surface area contributed by atoms with E-state index in [2.05, 4.69) is 16.7 Å². The molecule has 1 saturated carbocycles. The van der Waals surface area contributed by atoms with Gasteiger partial charge in [0.1, 0.15) is 4.90 Å². The van der Waals surface area contributed by atoms with Crippen molar-refractivity contribution in [2.75, 3.05) is 6.54 Å². The van der Waals surface area contributed by atoms with Crippen LogP contribution in [0.15, 0.2) is 4.90 Å². The second-order valence-corrected chi connectivity index (χ2v) is 9.63. The summed E-state index contributed by atoms with van der Waals surface area (Å²) in [6.45, 7) is 12.3. The molecular formula is C16H29N3O2S. The molecule has 0 amide bonds. The SMILES string of the molecule is Cc1nn(C(C)(C)C)c(C)c1S(=O)(=O)NCC1(C)CCCC1. The molecule has 0 unspecified atom stereocenters. The second-order valence-electron chi connectivity index (χ2n) is 7.92. The third-order valence-electron chi connectivity index (χ3n) is 4.63. The summed E-state index contributed by atoms with van der Waals surface area (Å²) in [4.78, 5) is 0.337. The van der Waals surface area contributed by atoms with Gasteiger partial charge in [-0.3, -0.25) is 4.68 Å². The summed E-state index contributed by atoms with van der Waals surface area (Å²) in [6.07, 6.45) is 4.57. The van der Waals surface area contributed by atoms with Gasteiger partial charge in [-0.1, -0.05) is 19.8 Å². The van der Waals surface area contributed by atoms with Crippen molar-refractivity contribution < 1.29 is 8.42 Å². The molecule has 0 spiro atoms. The van der Waals surface area contributed by atoms with Crippen LogP contribution in [0.3, 0.4) is 0 Å². The van der Waals surface area contributed by atoms with Gasteiger partial charge in [-0.05, 0) is 52.9 Å². The van der Waals surface area contributed by atoms with Gasteiger partial charge >= 0.3 is 0 Å². The molecule has 1 fully saturated rings. The Hall–Kier alpha value is -0.880. The first-order chi connectivity index (χ1) is 9.96. The lowest BCUT2D eigenvalue weighted by molar-refractivity contribution is 0.336. The van der Waals surface area contributed by atoms with Crippen LogP contribution in [0.5, 0.6) is 0 Å². The number of nitrogens with one attached hydrogen (secondary N) is 1. The van der Waals surface area contributed by atoms with Crippen LogP contribution in [-0.4, -0.2) is 24.7 Å². The van der Waals surface area contributed by atoms with Gasteiger partial charge < -0.3 is 0 Å². The van der Waals surface area contributed by atoms with E-state index in [9.17, 15) is 8.42 Å². The van der Waals surface area contributed by atoms with Crippen LogP contribution < -0.4 is 4.72 Å². The predicted molar refractivity (Wildman–Crippen MR) is 88.5 cm³/mol. The van der Waals surface area contributed by atoms with E-state index in [1.54, 1.807) is 11.6 Å². The van der Waals surface area contributed by atoms with Crippen molar-refractivity contribution in [1.29, 1.82) is 0 Å². The number of aryl methyl sites for hydroxylation is 1. The van der Waals surface area contributed by atoms with Gasteiger partial charge in [-0.2, -0.15) is 5.10 Å². The summed E-state index contributed by atoms with van der Waals surface area (Å²) in [6, 6.07) is 0. The molecule has 1 heterocycles. The molecule has 1 aliphatic carbocycles. The molecule has 1 N–H and O–H groups in total. The molecule has 0 saturated heterocycles. The van der Waals surface area contributed by atoms with Crippen molar-refractivity contribution in [3.63, 3.8) is 0 Å². The average molecular weight is 327 g/mol. The first-order valence-electron chi connectivity index (χ1n) is 8.03. The van der Waals surface area contributed by atoms with Crippen molar-refractivity contribution in [2.45, 2.75) is 77.7 Å². The third-order valence-corrected chi connectivity index (χ3v) is 6.28. The zero-order valence-electron chi connectivity index (χ0n) is 14.7. The average Bonchev–Trinajstić information content (AvgIpc) is 2.92. The minimum absolute atomic E-state index is 0.0922. The fourth-order valence-corrected chi connectivity index (χ4v) is 5.01. The largest absolute Gasteiger partial charge is 0.263 e. The molecule has 2 rings (SSSR count). The van der Waals surface area contributed by atoms with Gasteiger partial charge in [0.15, 0.2) is 0 Å². The third kappa shape index (κ3) is 3.38. The topological polar surface area (TPSA) is 64.0 Å². The Bertz CT molecular complexity index is 648. The van der Waals surface area contributed by atoms with Crippen LogP contribution in [0.25, 0.3) is 0 Å². The minimum Gasteiger partial charge on any atom is -0.263 e. The number of sulfonamides is 1. The van der Waals surface area contributed by atoms with E-state index in [1.807, 2.05) is 27.7 Å². The quantitative estimate of drug-likeness (QED) is 0.924. The Kier molecular flexibility index (Phi) is 4.48. The van der Waals surface area contributed by atoms with E-state index < -0.39 is 10.0 Å². The molecule has 0 atom stereocenters. The summed E-state index contributed by atoms with van der Waals surface area (Å²) >= 11 is 0. The number of hydrogen-bond acceptors (Lipinski definition) is 3. The lowest BCUT2D eigenvalue weighted by Gasteiger charge is -2.24. The van der Waals surface area contributed by atoms with Gasteiger partial charge in [0.05, 0.1) is 16.9 Å². The molecule has 1 aromatic rings. The van der Waals surface area contributed by atoms with E-state index in [-0.39, 0.29) is 11.0 Å². The number of aromatic nitrogens is 2. The molecule has 0 aliphatic heterocycles. The summed E-state index contributed by atoms with van der Waals surface area (Å²) in [5, 5.41) is 4.44. The molecule has 1 aliphatic rings. The van der Waals surface area contributed by atoms with Gasteiger partial charge in [-0.15, -0.1) is 0 Å². The van der Waals surface area contributed by atoms with Crippen LogP contribution in [0.4, 0.5) is 0 Å². The van der Waals surface area contributed by atoms with Crippen molar-refractivity contribution in [1.82, 2.24) is 14.5 Å². The van der Waals surface area contributed by atoms with E-state index in [0.29, 0.717) is 22.8 Å². The van der Waals surface area contributed by atoms with Crippen molar-refractivity contribution in [3.05, 3.63) is 11.4 Å². The van der Waals surface area contributed by atoms with E-state index in [0.717, 1.165) is 12.8 Å². The Morgan fingerprint density at radius 3 is 2.23 bits per heavy atom. The molecule has 22 heavy (non-hydrogen) atoms. The fraction of sp³-hybridized carbons (Fsp3) is 0.812. The Balaban J connectivity index is 2.28. The normalized spacial score (nSPS) is 18.8. The van der Waals surface area contributed by atoms with E-state index in [4.69, 9.17) is 0 Å². The number of nitrogens with zero attached hydrogens (tertiary/aromatic N) is 2. The molecule has 0 aromatic carbocycles. The summed E-state index contributed by atoms with van der Waals surface area (Å²) in [7, 11) is -3.52. The highest BCUT2D eigenvalue weighted by Gasteiger charge is 2.33. The fourth-order valence-electron chi connectivity index (χ4n) is 3.42. The van der Waals surface area contributed by atoms with Crippen molar-refractivity contribution in [2.24, 2.45) is 5.41 Å². The van der Waals surface area contributed by atoms with Crippen molar-refractivity contribution >= 4 is 10.0 Å². The van der Waals surface area contributed by atoms with E-state index in [1.165, 1.54) is 12.8 Å². The maximum atomic E-state index is 12.7. The maximum Gasteiger partial charge on any atom is 0.244 e. The Labute approximate surface area is 134 Å². The highest BCUT2D eigenvalue weighted by molar-refractivity contribution is 7.89. The lowest BCUT2D eigenvalue weighted by Crippen LogP contribution is -2.34. The van der Waals surface area contributed by atoms with Gasteiger partial charge in [0, 0.05) is 6.54 Å². The molecule has 0 radical (unpaired) electrons. The summed E-state index contributed by atoms with van der Waals surface area (Å²) in [5.41, 5.74) is 1.13. The Morgan fingerprint density at radius 1 is 1.23 bits per heavy atom. The maximum absolute atomic E-state index is 12.7. The Morgan fingerprint density at radius 2 is 1.77 bits per heavy atom. The predicted octanol–water partition coefficient (Wildman–Crippen LogP) is 3.11. The smallest absolute Gasteiger partial charge is 0.244 e. The standard InChI is InChI=1S/C16H29N3O2S/c1-12-14(13(2)19(18-12)15(3,4)5)22(20,21)17-11-16(6)9-7-8-10-16/h17H,7-11H2,1-6H3. The van der Waals surface area contributed by atoms with Crippen LogP contribution in [-0.2, 0) is 15.6 Å². The zero-order chi connectivity index (χ0) is 16.8. The summed E-state index contributed by atoms with van der Waals surface area (Å²) < 4.78 is 30.1. The highest BCUT2D eigenvalue weighted by Crippen LogP contribution is 2.37. The molecule has 5 nitrogen and oxygen atoms in total. The van der Waals surface area contributed by atoms with Gasteiger partial charge in [-0.25, -0.2) is 13.1 Å². The monoisotopic (exact) mass is 327 g/mol. The van der Waals surface area contributed by atoms with E-state index >= 15 is 0 Å². The second kappa shape index (κ2) is 5.64. The van der Waals surface area contributed by atoms with Crippen LogP contribution in [0.1, 0.15) is 64.8 Å². The van der Waals surface area contributed by atoms with Crippen LogP contribution >= 0.6 is 0 Å². The first kappa shape index (κ1) is 17.5. The van der Waals surface area contributed by atoms with Crippen LogP contribution in [0.2, 0.25) is 0 Å². The lowest BCUT2D eigenvalue weighted by atomic mass is 9.89. The molecule has 6 heteroatoms. The molecular weight excluding hydrogens is 298 g/mol. The number of rotatable bonds is 4. The van der Waals surface area contributed by atoms with Crippen molar-refractivity contribution in [3.8, 4) is 0 Å². The molecule has 1 aromatic heterocycles. The zero-order valence-corrected chi connectivity index (χ0v) is 15.5.